The molecule has 0 radical (unpaired) electrons. The largest absolute Gasteiger partial charge is 0.468 e. The van der Waals surface area contributed by atoms with E-state index in [-0.39, 0.29) is 17.4 Å². The second-order valence-corrected chi connectivity index (χ2v) is 2.19. The SMILES string of the molecule is COc1ncc(C(C)=O)c(=O)[nH]1. The number of rotatable bonds is 2. The maximum Gasteiger partial charge on any atom is 0.296 e. The first-order valence-corrected chi connectivity index (χ1v) is 3.29. The van der Waals surface area contributed by atoms with Crippen molar-refractivity contribution in [2.75, 3.05) is 7.11 Å². The zero-order valence-corrected chi connectivity index (χ0v) is 6.75. The van der Waals surface area contributed by atoms with E-state index >= 15 is 0 Å². The molecule has 1 N–H and O–H groups in total. The first-order chi connectivity index (χ1) is 5.65. The minimum atomic E-state index is -0.477. The summed E-state index contributed by atoms with van der Waals surface area (Å²) >= 11 is 0. The van der Waals surface area contributed by atoms with Crippen LogP contribution in [-0.4, -0.2) is 22.9 Å². The number of ether oxygens (including phenoxy) is 1. The van der Waals surface area contributed by atoms with Gasteiger partial charge in [-0.1, -0.05) is 0 Å². The lowest BCUT2D eigenvalue weighted by Gasteiger charge is -1.97. The van der Waals surface area contributed by atoms with Crippen LogP contribution in [0.25, 0.3) is 0 Å². The number of aromatic amines is 1. The zero-order valence-electron chi connectivity index (χ0n) is 6.75. The van der Waals surface area contributed by atoms with E-state index in [4.69, 9.17) is 0 Å². The molecule has 1 aromatic rings. The Morgan fingerprint density at radius 1 is 1.67 bits per heavy atom. The highest BCUT2D eigenvalue weighted by molar-refractivity contribution is 5.93. The Labute approximate surface area is 68.4 Å². The van der Waals surface area contributed by atoms with E-state index in [1.807, 2.05) is 0 Å². The molecule has 1 rings (SSSR count). The lowest BCUT2D eigenvalue weighted by atomic mass is 10.2. The second-order valence-electron chi connectivity index (χ2n) is 2.19. The molecule has 0 aliphatic rings. The maximum atomic E-state index is 11.0. The number of nitrogens with zero attached hydrogens (tertiary/aromatic N) is 1. The number of hydrogen-bond acceptors (Lipinski definition) is 4. The van der Waals surface area contributed by atoms with Gasteiger partial charge in [-0.3, -0.25) is 14.6 Å². The topological polar surface area (TPSA) is 72.0 Å². The van der Waals surface area contributed by atoms with Gasteiger partial charge in [-0.15, -0.1) is 0 Å². The zero-order chi connectivity index (χ0) is 9.14. The summed E-state index contributed by atoms with van der Waals surface area (Å²) in [6.45, 7) is 1.30. The van der Waals surface area contributed by atoms with Crippen LogP contribution < -0.4 is 10.3 Å². The van der Waals surface area contributed by atoms with Crippen molar-refractivity contribution in [3.8, 4) is 6.01 Å². The van der Waals surface area contributed by atoms with E-state index in [1.165, 1.54) is 20.2 Å². The molecular weight excluding hydrogens is 160 g/mol. The highest BCUT2D eigenvalue weighted by Crippen LogP contribution is 1.96. The number of carbonyl (C=O) groups is 1. The molecule has 0 aliphatic heterocycles. The van der Waals surface area contributed by atoms with Crippen LogP contribution >= 0.6 is 0 Å². The Bertz CT molecular complexity index is 356. The van der Waals surface area contributed by atoms with Crippen molar-refractivity contribution >= 4 is 5.78 Å². The third kappa shape index (κ3) is 1.50. The number of Topliss-reactive ketones (excluding diaryl/α,β-unsaturated/α-hetero) is 1. The smallest absolute Gasteiger partial charge is 0.296 e. The van der Waals surface area contributed by atoms with Crippen molar-refractivity contribution < 1.29 is 9.53 Å². The van der Waals surface area contributed by atoms with Crippen LogP contribution in [-0.2, 0) is 0 Å². The van der Waals surface area contributed by atoms with Crippen LogP contribution in [0.3, 0.4) is 0 Å². The average Bonchev–Trinajstić information content (AvgIpc) is 2.03. The Kier molecular flexibility index (Phi) is 2.23. The van der Waals surface area contributed by atoms with Gasteiger partial charge in [0.25, 0.3) is 11.6 Å². The molecule has 64 valence electrons. The van der Waals surface area contributed by atoms with Crippen molar-refractivity contribution in [2.24, 2.45) is 0 Å². The normalized spacial score (nSPS) is 9.50. The van der Waals surface area contributed by atoms with Crippen molar-refractivity contribution in [2.45, 2.75) is 6.92 Å². The van der Waals surface area contributed by atoms with Gasteiger partial charge in [0.15, 0.2) is 5.78 Å². The molecule has 0 aliphatic carbocycles. The summed E-state index contributed by atoms with van der Waals surface area (Å²) in [7, 11) is 1.38. The Balaban J connectivity index is 3.21. The molecule has 1 aromatic heterocycles. The fourth-order valence-electron chi connectivity index (χ4n) is 0.733. The summed E-state index contributed by atoms with van der Waals surface area (Å²) in [5.41, 5.74) is -0.440. The molecule has 5 heteroatoms. The minimum absolute atomic E-state index is 0.0378. The Morgan fingerprint density at radius 2 is 2.33 bits per heavy atom. The van der Waals surface area contributed by atoms with Gasteiger partial charge in [0, 0.05) is 6.20 Å². The minimum Gasteiger partial charge on any atom is -0.468 e. The van der Waals surface area contributed by atoms with Crippen LogP contribution in [0.5, 0.6) is 6.01 Å². The van der Waals surface area contributed by atoms with Crippen LogP contribution in [0.1, 0.15) is 17.3 Å². The maximum absolute atomic E-state index is 11.0. The predicted octanol–water partition coefficient (Wildman–Crippen LogP) is -0.0189. The van der Waals surface area contributed by atoms with Gasteiger partial charge >= 0.3 is 0 Å². The molecule has 0 fully saturated rings. The standard InChI is InChI=1S/C7H8N2O3/c1-4(10)5-3-8-7(12-2)9-6(5)11/h3H,1-2H3,(H,8,9,11). The molecule has 12 heavy (non-hydrogen) atoms. The molecule has 0 bridgehead atoms. The highest BCUT2D eigenvalue weighted by atomic mass is 16.5. The van der Waals surface area contributed by atoms with Crippen molar-refractivity contribution in [3.63, 3.8) is 0 Å². The average molecular weight is 168 g/mol. The van der Waals surface area contributed by atoms with Gasteiger partial charge < -0.3 is 4.74 Å². The van der Waals surface area contributed by atoms with E-state index in [0.29, 0.717) is 0 Å². The molecule has 5 nitrogen and oxygen atoms in total. The second kappa shape index (κ2) is 3.17. The van der Waals surface area contributed by atoms with Gasteiger partial charge in [-0.25, -0.2) is 4.98 Å². The summed E-state index contributed by atoms with van der Waals surface area (Å²) < 4.78 is 4.65. The van der Waals surface area contributed by atoms with Crippen molar-refractivity contribution in [3.05, 3.63) is 22.1 Å². The number of ketones is 1. The summed E-state index contributed by atoms with van der Waals surface area (Å²) in [5, 5.41) is 0. The van der Waals surface area contributed by atoms with Crippen LogP contribution in [0.2, 0.25) is 0 Å². The van der Waals surface area contributed by atoms with Gasteiger partial charge in [0.05, 0.1) is 7.11 Å². The molecule has 0 saturated carbocycles. The summed E-state index contributed by atoms with van der Waals surface area (Å²) in [6, 6.07) is 0.102. The van der Waals surface area contributed by atoms with Gasteiger partial charge in [-0.2, -0.15) is 0 Å². The van der Waals surface area contributed by atoms with E-state index in [0.717, 1.165) is 0 Å². The number of methoxy groups -OCH3 is 1. The quantitative estimate of drug-likeness (QED) is 0.630. The summed E-state index contributed by atoms with van der Waals surface area (Å²) in [5.74, 6) is -0.314. The van der Waals surface area contributed by atoms with Crippen molar-refractivity contribution in [1.82, 2.24) is 9.97 Å². The molecule has 0 atom stereocenters. The van der Waals surface area contributed by atoms with E-state index < -0.39 is 5.56 Å². The van der Waals surface area contributed by atoms with Crippen LogP contribution in [0, 0.1) is 0 Å². The molecule has 0 unspecified atom stereocenters. The van der Waals surface area contributed by atoms with E-state index in [9.17, 15) is 9.59 Å². The number of carbonyl (C=O) groups excluding carboxylic acids is 1. The molecular formula is C7H8N2O3. The Hall–Kier alpha value is -1.65. The van der Waals surface area contributed by atoms with Gasteiger partial charge in [0.2, 0.25) is 0 Å². The van der Waals surface area contributed by atoms with Crippen LogP contribution in [0.4, 0.5) is 0 Å². The monoisotopic (exact) mass is 168 g/mol. The van der Waals surface area contributed by atoms with Gasteiger partial charge in [-0.05, 0) is 6.92 Å². The molecule has 1 heterocycles. The molecule has 0 saturated heterocycles. The fourth-order valence-corrected chi connectivity index (χ4v) is 0.733. The molecule has 0 amide bonds. The lowest BCUT2D eigenvalue weighted by molar-refractivity contribution is 0.101. The Morgan fingerprint density at radius 3 is 2.75 bits per heavy atom. The van der Waals surface area contributed by atoms with Crippen molar-refractivity contribution in [1.29, 1.82) is 0 Å². The number of H-pyrrole nitrogens is 1. The molecule has 0 spiro atoms. The van der Waals surface area contributed by atoms with E-state index in [1.54, 1.807) is 0 Å². The van der Waals surface area contributed by atoms with E-state index in [2.05, 4.69) is 14.7 Å². The highest BCUT2D eigenvalue weighted by Gasteiger charge is 2.05. The third-order valence-electron chi connectivity index (χ3n) is 1.35. The fraction of sp³-hybridized carbons (Fsp3) is 0.286. The first-order valence-electron chi connectivity index (χ1n) is 3.29. The molecule has 0 aromatic carbocycles. The third-order valence-corrected chi connectivity index (χ3v) is 1.35. The predicted molar refractivity (Wildman–Crippen MR) is 41.4 cm³/mol. The summed E-state index contributed by atoms with van der Waals surface area (Å²) in [6.07, 6.45) is 1.19. The first kappa shape index (κ1) is 8.45. The van der Waals surface area contributed by atoms with Gasteiger partial charge in [0.1, 0.15) is 5.56 Å². The number of nitrogens with one attached hydrogen (secondary N) is 1. The summed E-state index contributed by atoms with van der Waals surface area (Å²) in [4.78, 5) is 27.8. The number of hydrogen-bond donors (Lipinski definition) is 1. The van der Waals surface area contributed by atoms with Crippen LogP contribution in [0.15, 0.2) is 11.0 Å². The lowest BCUT2D eigenvalue weighted by Crippen LogP contribution is -2.17. The number of aromatic nitrogens is 2.